The van der Waals surface area contributed by atoms with Crippen LogP contribution in [0.25, 0.3) is 0 Å². The molecule has 0 amide bonds. The first-order valence-corrected chi connectivity index (χ1v) is 13.5. The summed E-state index contributed by atoms with van der Waals surface area (Å²) < 4.78 is 0. The van der Waals surface area contributed by atoms with Gasteiger partial charge < -0.3 is 5.32 Å². The number of hydrogen-bond acceptors (Lipinski definition) is 1. The molecule has 0 bridgehead atoms. The Kier molecular flexibility index (Phi) is 8.06. The molecule has 2 atom stereocenters. The third kappa shape index (κ3) is 6.77. The van der Waals surface area contributed by atoms with Crippen LogP contribution in [0.15, 0.2) is 65.9 Å². The van der Waals surface area contributed by atoms with Gasteiger partial charge in [-0.25, -0.2) is 0 Å². The summed E-state index contributed by atoms with van der Waals surface area (Å²) in [5.74, 6) is 2.22. The average molecular weight is 460 g/mol. The van der Waals surface area contributed by atoms with E-state index >= 15 is 0 Å². The molecule has 0 aromatic heterocycles. The molecule has 1 heteroatoms. The Balaban J connectivity index is 1.88. The highest BCUT2D eigenvalue weighted by molar-refractivity contribution is 5.43. The van der Waals surface area contributed by atoms with Crippen molar-refractivity contribution >= 4 is 0 Å². The summed E-state index contributed by atoms with van der Waals surface area (Å²) in [7, 11) is 0. The normalized spacial score (nSPS) is 21.4. The number of benzene rings is 1. The second-order valence-corrected chi connectivity index (χ2v) is 12.9. The maximum absolute atomic E-state index is 4.41. The molecule has 0 saturated heterocycles. The zero-order chi connectivity index (χ0) is 25.3. The van der Waals surface area contributed by atoms with Crippen molar-refractivity contribution in [2.45, 2.75) is 93.4 Å². The molecule has 0 heterocycles. The topological polar surface area (TPSA) is 12.0 Å². The van der Waals surface area contributed by atoms with Crippen LogP contribution >= 0.6 is 0 Å². The molecule has 0 radical (unpaired) electrons. The van der Waals surface area contributed by atoms with E-state index in [0.29, 0.717) is 17.8 Å². The van der Waals surface area contributed by atoms with Gasteiger partial charge in [-0.3, -0.25) is 0 Å². The van der Waals surface area contributed by atoms with Crippen LogP contribution in [0.3, 0.4) is 0 Å². The Morgan fingerprint density at radius 3 is 2.38 bits per heavy atom. The number of allylic oxidation sites excluding steroid dienone is 7. The predicted molar refractivity (Wildman–Crippen MR) is 150 cm³/mol. The van der Waals surface area contributed by atoms with E-state index in [-0.39, 0.29) is 10.8 Å². The summed E-state index contributed by atoms with van der Waals surface area (Å²) in [6.45, 7) is 26.2. The molecule has 3 rings (SSSR count). The minimum Gasteiger partial charge on any atom is -0.388 e. The Morgan fingerprint density at radius 2 is 1.82 bits per heavy atom. The maximum atomic E-state index is 4.41. The zero-order valence-electron chi connectivity index (χ0n) is 23.4. The summed E-state index contributed by atoms with van der Waals surface area (Å²) in [6, 6.07) is 7.21. The standard InChI is InChI=1S/C33H49N/c1-22(2)30-20-27(19-28-15-16-33(9,10)24(4)17-28)13-14-29(30)25(5)31(34-21-26-11-12-26)18-23(3)32(6,7)8/h13-18,20,22,24-26,34H,3,11-12,19,21H2,1-2,4-10H3/b31-18-. The van der Waals surface area contributed by atoms with Gasteiger partial charge in [0.25, 0.3) is 0 Å². The lowest BCUT2D eigenvalue weighted by Gasteiger charge is -2.30. The second-order valence-electron chi connectivity index (χ2n) is 12.9. The Bertz CT molecular complexity index is 972. The minimum atomic E-state index is 0.0733. The van der Waals surface area contributed by atoms with Gasteiger partial charge in [0, 0.05) is 18.2 Å². The highest BCUT2D eigenvalue weighted by Crippen LogP contribution is 2.37. The van der Waals surface area contributed by atoms with E-state index in [9.17, 15) is 0 Å². The van der Waals surface area contributed by atoms with Gasteiger partial charge in [-0.15, -0.1) is 0 Å². The first-order valence-electron chi connectivity index (χ1n) is 13.5. The summed E-state index contributed by atoms with van der Waals surface area (Å²) in [6.07, 6.45) is 13.2. The van der Waals surface area contributed by atoms with Crippen LogP contribution in [0.2, 0.25) is 0 Å². The fourth-order valence-corrected chi connectivity index (χ4v) is 4.53. The molecule has 0 aliphatic heterocycles. The van der Waals surface area contributed by atoms with Crippen LogP contribution in [0.5, 0.6) is 0 Å². The van der Waals surface area contributed by atoms with Crippen molar-refractivity contribution < 1.29 is 0 Å². The summed E-state index contributed by atoms with van der Waals surface area (Å²) in [5, 5.41) is 3.82. The molecule has 1 N–H and O–H groups in total. The monoisotopic (exact) mass is 459 g/mol. The van der Waals surface area contributed by atoms with Gasteiger partial charge in [0.15, 0.2) is 0 Å². The van der Waals surface area contributed by atoms with Crippen molar-refractivity contribution in [1.29, 1.82) is 0 Å². The van der Waals surface area contributed by atoms with Gasteiger partial charge in [-0.2, -0.15) is 0 Å². The van der Waals surface area contributed by atoms with E-state index in [1.165, 1.54) is 46.4 Å². The lowest BCUT2D eigenvalue weighted by atomic mass is 9.75. The molecule has 1 saturated carbocycles. The molecule has 1 aromatic carbocycles. The van der Waals surface area contributed by atoms with E-state index in [4.69, 9.17) is 0 Å². The van der Waals surface area contributed by atoms with Crippen molar-refractivity contribution in [1.82, 2.24) is 5.32 Å². The Hall–Kier alpha value is -2.02. The first-order chi connectivity index (χ1) is 15.8. The largest absolute Gasteiger partial charge is 0.388 e. The van der Waals surface area contributed by atoms with Crippen molar-refractivity contribution in [2.24, 2.45) is 22.7 Å². The predicted octanol–water partition coefficient (Wildman–Crippen LogP) is 9.10. The first kappa shape index (κ1) is 26.6. The highest BCUT2D eigenvalue weighted by Gasteiger charge is 2.26. The van der Waals surface area contributed by atoms with E-state index in [1.54, 1.807) is 0 Å². The number of rotatable bonds is 9. The highest BCUT2D eigenvalue weighted by atomic mass is 14.9. The lowest BCUT2D eigenvalue weighted by molar-refractivity contribution is 0.361. The molecule has 0 spiro atoms. The average Bonchev–Trinajstić information content (AvgIpc) is 3.57. The van der Waals surface area contributed by atoms with Crippen molar-refractivity contribution in [3.05, 3.63) is 82.6 Å². The van der Waals surface area contributed by atoms with Gasteiger partial charge in [-0.1, -0.05) is 105 Å². The van der Waals surface area contributed by atoms with Crippen LogP contribution in [-0.4, -0.2) is 6.54 Å². The summed E-state index contributed by atoms with van der Waals surface area (Å²) in [5.41, 5.74) is 8.60. The van der Waals surface area contributed by atoms with Crippen LogP contribution in [0, 0.1) is 22.7 Å². The smallest absolute Gasteiger partial charge is 0.0212 e. The fourth-order valence-electron chi connectivity index (χ4n) is 4.53. The van der Waals surface area contributed by atoms with E-state index in [1.807, 2.05) is 0 Å². The SMILES string of the molecule is C=C(/C=C(\NCC1CC1)C(C)c1ccc(CC2=CC(C)C(C)(C)C=C2)cc1C(C)C)C(C)(C)C. The zero-order valence-corrected chi connectivity index (χ0v) is 23.4. The summed E-state index contributed by atoms with van der Waals surface area (Å²) in [4.78, 5) is 0. The van der Waals surface area contributed by atoms with Gasteiger partial charge in [0.2, 0.25) is 0 Å². The van der Waals surface area contributed by atoms with Crippen LogP contribution < -0.4 is 5.32 Å². The van der Waals surface area contributed by atoms with Crippen LogP contribution in [0.4, 0.5) is 0 Å². The van der Waals surface area contributed by atoms with Gasteiger partial charge in [0.1, 0.15) is 0 Å². The maximum Gasteiger partial charge on any atom is 0.0212 e. The van der Waals surface area contributed by atoms with E-state index < -0.39 is 0 Å². The van der Waals surface area contributed by atoms with E-state index in [2.05, 4.69) is 117 Å². The quantitative estimate of drug-likeness (QED) is 0.363. The minimum absolute atomic E-state index is 0.0733. The molecule has 2 aliphatic carbocycles. The number of hydrogen-bond donors (Lipinski definition) is 1. The fraction of sp³-hybridized carbons (Fsp3) is 0.576. The molecular weight excluding hydrogens is 410 g/mol. The van der Waals surface area contributed by atoms with Gasteiger partial charge in [0.05, 0.1) is 0 Å². The van der Waals surface area contributed by atoms with Gasteiger partial charge >= 0.3 is 0 Å². The van der Waals surface area contributed by atoms with Gasteiger partial charge in [-0.05, 0) is 81.8 Å². The lowest BCUT2D eigenvalue weighted by Crippen LogP contribution is -2.22. The third-order valence-electron chi connectivity index (χ3n) is 8.06. The molecule has 186 valence electrons. The third-order valence-corrected chi connectivity index (χ3v) is 8.06. The van der Waals surface area contributed by atoms with Crippen molar-refractivity contribution in [3.63, 3.8) is 0 Å². The molecule has 1 fully saturated rings. The molecule has 2 unspecified atom stereocenters. The summed E-state index contributed by atoms with van der Waals surface area (Å²) >= 11 is 0. The molecule has 2 aliphatic rings. The van der Waals surface area contributed by atoms with Crippen molar-refractivity contribution in [2.75, 3.05) is 6.54 Å². The van der Waals surface area contributed by atoms with Crippen LogP contribution in [0.1, 0.15) is 104 Å². The number of nitrogens with one attached hydrogen (secondary N) is 1. The molecule has 1 aromatic rings. The molecule has 34 heavy (non-hydrogen) atoms. The Labute approximate surface area is 210 Å². The van der Waals surface area contributed by atoms with Crippen molar-refractivity contribution in [3.8, 4) is 0 Å². The van der Waals surface area contributed by atoms with Crippen LogP contribution in [-0.2, 0) is 6.42 Å². The molecular formula is C33H49N. The van der Waals surface area contributed by atoms with E-state index in [0.717, 1.165) is 18.9 Å². The molecule has 1 nitrogen and oxygen atoms in total. The Morgan fingerprint density at radius 1 is 1.15 bits per heavy atom. The second kappa shape index (κ2) is 10.3.